The van der Waals surface area contributed by atoms with Crippen molar-refractivity contribution in [3.05, 3.63) is 59.2 Å². The van der Waals surface area contributed by atoms with Crippen molar-refractivity contribution in [3.63, 3.8) is 0 Å². The SMILES string of the molecule is COC(=O)c1ccccc1Nc1ccc(C)cc1C=O. The Labute approximate surface area is 117 Å². The van der Waals surface area contributed by atoms with Crippen molar-refractivity contribution in [2.45, 2.75) is 6.92 Å². The van der Waals surface area contributed by atoms with E-state index in [1.54, 1.807) is 24.3 Å². The smallest absolute Gasteiger partial charge is 0.339 e. The predicted octanol–water partition coefficient (Wildman–Crippen LogP) is 3.34. The molecule has 0 aromatic heterocycles. The van der Waals surface area contributed by atoms with E-state index >= 15 is 0 Å². The number of esters is 1. The number of hydrogen-bond acceptors (Lipinski definition) is 4. The summed E-state index contributed by atoms with van der Waals surface area (Å²) in [5.41, 5.74) is 3.23. The molecule has 0 saturated heterocycles. The minimum Gasteiger partial charge on any atom is -0.465 e. The number of ether oxygens (including phenoxy) is 1. The van der Waals surface area contributed by atoms with E-state index in [0.717, 1.165) is 11.8 Å². The van der Waals surface area contributed by atoms with Crippen LogP contribution in [0.1, 0.15) is 26.3 Å². The van der Waals surface area contributed by atoms with Gasteiger partial charge in [-0.1, -0.05) is 23.8 Å². The summed E-state index contributed by atoms with van der Waals surface area (Å²) in [4.78, 5) is 22.8. The fourth-order valence-corrected chi connectivity index (χ4v) is 1.92. The number of carbonyl (C=O) groups is 2. The molecule has 0 radical (unpaired) electrons. The zero-order valence-electron chi connectivity index (χ0n) is 11.3. The third-order valence-electron chi connectivity index (χ3n) is 2.94. The number of methoxy groups -OCH3 is 1. The summed E-state index contributed by atoms with van der Waals surface area (Å²) in [6.07, 6.45) is 0.788. The first-order chi connectivity index (χ1) is 9.65. The lowest BCUT2D eigenvalue weighted by Gasteiger charge is -2.12. The van der Waals surface area contributed by atoms with Crippen molar-refractivity contribution in [1.29, 1.82) is 0 Å². The lowest BCUT2D eigenvalue weighted by molar-refractivity contribution is 0.0602. The Hall–Kier alpha value is -2.62. The van der Waals surface area contributed by atoms with Crippen molar-refractivity contribution in [2.75, 3.05) is 12.4 Å². The third kappa shape index (κ3) is 2.85. The van der Waals surface area contributed by atoms with Gasteiger partial charge in [0.05, 0.1) is 18.4 Å². The van der Waals surface area contributed by atoms with Gasteiger partial charge in [0.15, 0.2) is 6.29 Å². The normalized spacial score (nSPS) is 9.90. The van der Waals surface area contributed by atoms with Crippen LogP contribution in [0.3, 0.4) is 0 Å². The number of aldehydes is 1. The molecule has 0 fully saturated rings. The van der Waals surface area contributed by atoms with E-state index in [1.807, 2.05) is 25.1 Å². The van der Waals surface area contributed by atoms with Gasteiger partial charge in [-0.3, -0.25) is 4.79 Å². The second-order valence-electron chi connectivity index (χ2n) is 4.37. The second kappa shape index (κ2) is 6.02. The van der Waals surface area contributed by atoms with E-state index in [2.05, 4.69) is 5.32 Å². The number of carbonyl (C=O) groups excluding carboxylic acids is 2. The first kappa shape index (κ1) is 13.8. The van der Waals surface area contributed by atoms with Gasteiger partial charge in [0, 0.05) is 11.3 Å². The topological polar surface area (TPSA) is 55.4 Å². The summed E-state index contributed by atoms with van der Waals surface area (Å²) < 4.78 is 4.74. The van der Waals surface area contributed by atoms with Gasteiger partial charge in [-0.25, -0.2) is 4.79 Å². The van der Waals surface area contributed by atoms with Crippen LogP contribution in [-0.4, -0.2) is 19.4 Å². The highest BCUT2D eigenvalue weighted by Crippen LogP contribution is 2.24. The van der Waals surface area contributed by atoms with Crippen LogP contribution in [0.25, 0.3) is 0 Å². The van der Waals surface area contributed by atoms with Gasteiger partial charge in [0.2, 0.25) is 0 Å². The molecule has 102 valence electrons. The number of para-hydroxylation sites is 1. The zero-order chi connectivity index (χ0) is 14.5. The first-order valence-corrected chi connectivity index (χ1v) is 6.16. The largest absolute Gasteiger partial charge is 0.465 e. The highest BCUT2D eigenvalue weighted by atomic mass is 16.5. The Kier molecular flexibility index (Phi) is 4.15. The van der Waals surface area contributed by atoms with Gasteiger partial charge >= 0.3 is 5.97 Å². The first-order valence-electron chi connectivity index (χ1n) is 6.16. The standard InChI is InChI=1S/C16H15NO3/c1-11-7-8-14(12(9-11)10-18)17-15-6-4-3-5-13(15)16(19)20-2/h3-10,17H,1-2H3. The summed E-state index contributed by atoms with van der Waals surface area (Å²) in [5, 5.41) is 3.10. The van der Waals surface area contributed by atoms with Gasteiger partial charge in [0.25, 0.3) is 0 Å². The van der Waals surface area contributed by atoms with Crippen LogP contribution in [0.5, 0.6) is 0 Å². The maximum absolute atomic E-state index is 11.7. The van der Waals surface area contributed by atoms with Crippen molar-refractivity contribution < 1.29 is 14.3 Å². The molecule has 0 atom stereocenters. The molecule has 2 aromatic carbocycles. The average molecular weight is 269 g/mol. The predicted molar refractivity (Wildman–Crippen MR) is 77.6 cm³/mol. The molecule has 0 heterocycles. The van der Waals surface area contributed by atoms with Crippen molar-refractivity contribution in [2.24, 2.45) is 0 Å². The molecule has 0 spiro atoms. The van der Waals surface area contributed by atoms with Gasteiger partial charge in [0.1, 0.15) is 0 Å². The molecule has 0 aliphatic rings. The van der Waals surface area contributed by atoms with Crippen LogP contribution in [-0.2, 0) is 4.74 Å². The monoisotopic (exact) mass is 269 g/mol. The highest BCUT2D eigenvalue weighted by Gasteiger charge is 2.12. The zero-order valence-corrected chi connectivity index (χ0v) is 11.3. The van der Waals surface area contributed by atoms with Crippen LogP contribution in [0.15, 0.2) is 42.5 Å². The summed E-state index contributed by atoms with van der Waals surface area (Å²) >= 11 is 0. The Morgan fingerprint density at radius 3 is 2.60 bits per heavy atom. The fraction of sp³-hybridized carbons (Fsp3) is 0.125. The number of rotatable bonds is 4. The van der Waals surface area contributed by atoms with Gasteiger partial charge in [-0.2, -0.15) is 0 Å². The van der Waals surface area contributed by atoms with Crippen LogP contribution < -0.4 is 5.32 Å². The lowest BCUT2D eigenvalue weighted by Crippen LogP contribution is -2.06. The lowest BCUT2D eigenvalue weighted by atomic mass is 10.1. The number of benzene rings is 2. The van der Waals surface area contributed by atoms with Gasteiger partial charge in [-0.05, 0) is 31.2 Å². The Balaban J connectivity index is 2.40. The van der Waals surface area contributed by atoms with Crippen molar-refractivity contribution >= 4 is 23.6 Å². The summed E-state index contributed by atoms with van der Waals surface area (Å²) in [6.45, 7) is 1.92. The quantitative estimate of drug-likeness (QED) is 0.683. The van der Waals surface area contributed by atoms with Gasteiger partial charge in [-0.15, -0.1) is 0 Å². The summed E-state index contributed by atoms with van der Waals surface area (Å²) in [7, 11) is 1.34. The molecule has 4 nitrogen and oxygen atoms in total. The molecule has 0 aliphatic heterocycles. The van der Waals surface area contributed by atoms with Crippen LogP contribution in [0, 0.1) is 6.92 Å². The average Bonchev–Trinajstić information content (AvgIpc) is 2.48. The Bertz CT molecular complexity index is 650. The second-order valence-corrected chi connectivity index (χ2v) is 4.37. The molecule has 4 heteroatoms. The molecule has 0 saturated carbocycles. The molecular weight excluding hydrogens is 254 g/mol. The Morgan fingerprint density at radius 2 is 1.90 bits per heavy atom. The minimum absolute atomic E-state index is 0.423. The fourth-order valence-electron chi connectivity index (χ4n) is 1.92. The van der Waals surface area contributed by atoms with Crippen LogP contribution in [0.4, 0.5) is 11.4 Å². The number of nitrogens with one attached hydrogen (secondary N) is 1. The Morgan fingerprint density at radius 1 is 1.15 bits per heavy atom. The summed E-state index contributed by atoms with van der Waals surface area (Å²) in [5.74, 6) is -0.423. The molecule has 0 unspecified atom stereocenters. The molecule has 0 amide bonds. The van der Waals surface area contributed by atoms with E-state index in [-0.39, 0.29) is 0 Å². The van der Waals surface area contributed by atoms with Crippen molar-refractivity contribution in [3.8, 4) is 0 Å². The maximum atomic E-state index is 11.7. The van der Waals surface area contributed by atoms with E-state index in [0.29, 0.717) is 22.5 Å². The number of anilines is 2. The molecule has 1 N–H and O–H groups in total. The van der Waals surface area contributed by atoms with Crippen molar-refractivity contribution in [1.82, 2.24) is 0 Å². The van der Waals surface area contributed by atoms with Gasteiger partial charge < -0.3 is 10.1 Å². The number of hydrogen-bond donors (Lipinski definition) is 1. The molecule has 2 aromatic rings. The molecule has 0 bridgehead atoms. The molecule has 0 aliphatic carbocycles. The van der Waals surface area contributed by atoms with E-state index in [4.69, 9.17) is 4.74 Å². The molecular formula is C16H15NO3. The van der Waals surface area contributed by atoms with E-state index < -0.39 is 5.97 Å². The van der Waals surface area contributed by atoms with Crippen LogP contribution >= 0.6 is 0 Å². The third-order valence-corrected chi connectivity index (χ3v) is 2.94. The number of aryl methyl sites for hydroxylation is 1. The summed E-state index contributed by atoms with van der Waals surface area (Å²) in [6, 6.07) is 12.5. The van der Waals surface area contributed by atoms with E-state index in [1.165, 1.54) is 7.11 Å². The minimum atomic E-state index is -0.423. The molecule has 20 heavy (non-hydrogen) atoms. The van der Waals surface area contributed by atoms with E-state index in [9.17, 15) is 9.59 Å². The van der Waals surface area contributed by atoms with Crippen LogP contribution in [0.2, 0.25) is 0 Å². The highest BCUT2D eigenvalue weighted by molar-refractivity contribution is 5.97. The maximum Gasteiger partial charge on any atom is 0.339 e. The molecule has 2 rings (SSSR count).